The van der Waals surface area contributed by atoms with Gasteiger partial charge in [0.1, 0.15) is 5.75 Å². The normalized spacial score (nSPS) is 10.6. The lowest BCUT2D eigenvalue weighted by molar-refractivity contribution is -0.136. The zero-order valence-electron chi connectivity index (χ0n) is 21.8. The highest BCUT2D eigenvalue weighted by Gasteiger charge is 2.13. The minimum atomic E-state index is -0.945. The van der Waals surface area contributed by atoms with Gasteiger partial charge < -0.3 is 24.8 Å². The number of amides is 3. The highest BCUT2D eigenvalue weighted by Crippen LogP contribution is 2.28. The Morgan fingerprint density at radius 3 is 2.20 bits per heavy atom. The summed E-state index contributed by atoms with van der Waals surface area (Å²) in [5.74, 6) is -0.889. The van der Waals surface area contributed by atoms with Crippen molar-refractivity contribution >= 4 is 58.5 Å². The van der Waals surface area contributed by atoms with Crippen LogP contribution in [0, 0.1) is 0 Å². The van der Waals surface area contributed by atoms with Crippen LogP contribution in [0.5, 0.6) is 17.2 Å². The molecule has 210 valence electrons. The SMILES string of the molecule is CCCOc1ccc(NC(=O)C(=O)N/N=C\c2ccc(OCC(=O)Nc3cc(Cl)cc(Cl)c3)c(OCC)c2)cc1. The largest absolute Gasteiger partial charge is 0.494 e. The highest BCUT2D eigenvalue weighted by atomic mass is 35.5. The van der Waals surface area contributed by atoms with Gasteiger partial charge in [0.2, 0.25) is 0 Å². The Hall–Kier alpha value is -4.28. The fourth-order valence-electron chi connectivity index (χ4n) is 3.22. The predicted octanol–water partition coefficient (Wildman–Crippen LogP) is 5.29. The second-order valence-corrected chi connectivity index (χ2v) is 9.03. The first-order chi connectivity index (χ1) is 19.3. The number of hydrogen-bond acceptors (Lipinski definition) is 7. The molecular formula is C28H28Cl2N4O6. The van der Waals surface area contributed by atoms with Crippen LogP contribution in [0.1, 0.15) is 25.8 Å². The summed E-state index contributed by atoms with van der Waals surface area (Å²) in [6, 6.07) is 16.2. The molecule has 0 aliphatic rings. The lowest BCUT2D eigenvalue weighted by Crippen LogP contribution is -2.32. The van der Waals surface area contributed by atoms with Crippen LogP contribution in [0.25, 0.3) is 0 Å². The van der Waals surface area contributed by atoms with Gasteiger partial charge in [0.15, 0.2) is 18.1 Å². The van der Waals surface area contributed by atoms with Gasteiger partial charge in [0.25, 0.3) is 5.91 Å². The number of hydrazone groups is 1. The molecule has 0 unspecified atom stereocenters. The third kappa shape index (κ3) is 9.79. The molecule has 0 bridgehead atoms. The molecule has 0 aliphatic heterocycles. The molecule has 0 aliphatic carbocycles. The molecule has 0 saturated carbocycles. The third-order valence-electron chi connectivity index (χ3n) is 4.94. The van der Waals surface area contributed by atoms with Crippen LogP contribution in [-0.4, -0.2) is 43.8 Å². The first kappa shape index (κ1) is 30.3. The molecule has 0 heterocycles. The van der Waals surface area contributed by atoms with Gasteiger partial charge in [-0.3, -0.25) is 14.4 Å². The van der Waals surface area contributed by atoms with Crippen LogP contribution in [0.4, 0.5) is 11.4 Å². The van der Waals surface area contributed by atoms with Crippen LogP contribution in [0.2, 0.25) is 10.0 Å². The van der Waals surface area contributed by atoms with Gasteiger partial charge in [-0.1, -0.05) is 30.1 Å². The van der Waals surface area contributed by atoms with Crippen molar-refractivity contribution in [2.75, 3.05) is 30.5 Å². The fraction of sp³-hybridized carbons (Fsp3) is 0.214. The van der Waals surface area contributed by atoms with Crippen LogP contribution < -0.4 is 30.3 Å². The number of nitrogens with one attached hydrogen (secondary N) is 3. The average molecular weight is 587 g/mol. The summed E-state index contributed by atoms with van der Waals surface area (Å²) in [5.41, 5.74) is 3.61. The lowest BCUT2D eigenvalue weighted by Gasteiger charge is -2.13. The molecule has 10 nitrogen and oxygen atoms in total. The highest BCUT2D eigenvalue weighted by molar-refractivity contribution is 6.39. The Morgan fingerprint density at radius 2 is 1.52 bits per heavy atom. The molecule has 40 heavy (non-hydrogen) atoms. The maximum Gasteiger partial charge on any atom is 0.329 e. The van der Waals surface area contributed by atoms with E-state index < -0.39 is 17.7 Å². The minimum Gasteiger partial charge on any atom is -0.494 e. The van der Waals surface area contributed by atoms with Crippen LogP contribution in [-0.2, 0) is 14.4 Å². The Morgan fingerprint density at radius 1 is 0.800 bits per heavy atom. The molecule has 0 saturated heterocycles. The van der Waals surface area contributed by atoms with Gasteiger partial charge in [-0.05, 0) is 79.6 Å². The van der Waals surface area contributed by atoms with Crippen molar-refractivity contribution in [2.45, 2.75) is 20.3 Å². The molecule has 0 atom stereocenters. The molecule has 12 heteroatoms. The number of rotatable bonds is 12. The Bertz CT molecular complexity index is 1350. The Balaban J connectivity index is 1.53. The zero-order valence-corrected chi connectivity index (χ0v) is 23.3. The number of carbonyl (C=O) groups is 3. The zero-order chi connectivity index (χ0) is 28.9. The minimum absolute atomic E-state index is 0.294. The molecule has 3 aromatic rings. The second-order valence-electron chi connectivity index (χ2n) is 8.16. The summed E-state index contributed by atoms with van der Waals surface area (Å²) in [6.07, 6.45) is 2.22. The summed E-state index contributed by atoms with van der Waals surface area (Å²) in [4.78, 5) is 36.6. The second kappa shape index (κ2) is 15.3. The molecule has 0 aromatic heterocycles. The van der Waals surface area contributed by atoms with Crippen molar-refractivity contribution in [1.82, 2.24) is 5.43 Å². The van der Waals surface area contributed by atoms with Crippen molar-refractivity contribution < 1.29 is 28.6 Å². The van der Waals surface area contributed by atoms with Crippen molar-refractivity contribution in [1.29, 1.82) is 0 Å². The third-order valence-corrected chi connectivity index (χ3v) is 5.38. The van der Waals surface area contributed by atoms with E-state index in [0.717, 1.165) is 6.42 Å². The van der Waals surface area contributed by atoms with E-state index in [1.165, 1.54) is 6.21 Å². The van der Waals surface area contributed by atoms with Gasteiger partial charge in [0, 0.05) is 21.4 Å². The quantitative estimate of drug-likeness (QED) is 0.150. The van der Waals surface area contributed by atoms with Gasteiger partial charge in [0.05, 0.1) is 19.4 Å². The summed E-state index contributed by atoms with van der Waals surface area (Å²) in [7, 11) is 0. The number of ether oxygens (including phenoxy) is 3. The molecule has 0 fully saturated rings. The Labute approximate surface area is 241 Å². The van der Waals surface area contributed by atoms with Crippen molar-refractivity contribution in [3.63, 3.8) is 0 Å². The first-order valence-corrected chi connectivity index (χ1v) is 13.1. The van der Waals surface area contributed by atoms with E-state index in [-0.39, 0.29) is 6.61 Å². The van der Waals surface area contributed by atoms with Gasteiger partial charge >= 0.3 is 11.8 Å². The number of hydrogen-bond donors (Lipinski definition) is 3. The number of carbonyl (C=O) groups excluding carboxylic acids is 3. The fourth-order valence-corrected chi connectivity index (χ4v) is 3.74. The van der Waals surface area contributed by atoms with Crippen LogP contribution in [0.15, 0.2) is 65.8 Å². The number of anilines is 2. The Kier molecular flexibility index (Phi) is 11.6. The smallest absolute Gasteiger partial charge is 0.329 e. The van der Waals surface area contributed by atoms with Crippen molar-refractivity contribution in [2.24, 2.45) is 5.10 Å². The lowest BCUT2D eigenvalue weighted by atomic mass is 10.2. The summed E-state index contributed by atoms with van der Waals surface area (Å²) < 4.78 is 16.7. The van der Waals surface area contributed by atoms with Gasteiger partial charge in [-0.15, -0.1) is 0 Å². The van der Waals surface area contributed by atoms with E-state index in [1.54, 1.807) is 67.6 Å². The molecular weight excluding hydrogens is 559 g/mol. The van der Waals surface area contributed by atoms with Crippen molar-refractivity contribution in [3.05, 3.63) is 76.3 Å². The van der Waals surface area contributed by atoms with Gasteiger partial charge in [-0.2, -0.15) is 5.10 Å². The first-order valence-electron chi connectivity index (χ1n) is 12.3. The number of benzene rings is 3. The van der Waals surface area contributed by atoms with Crippen LogP contribution in [0.3, 0.4) is 0 Å². The molecule has 0 spiro atoms. The van der Waals surface area contributed by atoms with E-state index in [0.29, 0.717) is 57.4 Å². The standard InChI is InChI=1S/C28H28Cl2N4O6/c1-3-11-39-23-8-6-21(7-9-23)33-27(36)28(37)34-31-16-18-5-10-24(25(12-18)38-4-2)40-17-26(35)32-22-14-19(29)13-20(30)15-22/h5-10,12-16H,3-4,11,17H2,1-2H3,(H,32,35)(H,33,36)(H,34,37)/b31-16-. The maximum absolute atomic E-state index is 12.3. The van der Waals surface area contributed by atoms with E-state index in [4.69, 9.17) is 37.4 Å². The topological polar surface area (TPSA) is 127 Å². The summed E-state index contributed by atoms with van der Waals surface area (Å²) >= 11 is 11.9. The molecule has 3 aromatic carbocycles. The van der Waals surface area contributed by atoms with E-state index >= 15 is 0 Å². The molecule has 3 N–H and O–H groups in total. The molecule has 3 rings (SSSR count). The van der Waals surface area contributed by atoms with Gasteiger partial charge in [-0.25, -0.2) is 5.43 Å². The van der Waals surface area contributed by atoms with E-state index in [1.807, 2.05) is 6.92 Å². The summed E-state index contributed by atoms with van der Waals surface area (Å²) in [5, 5.41) is 9.75. The predicted molar refractivity (Wildman–Crippen MR) is 155 cm³/mol. The number of nitrogens with zero attached hydrogens (tertiary/aromatic N) is 1. The monoisotopic (exact) mass is 586 g/mol. The van der Waals surface area contributed by atoms with E-state index in [2.05, 4.69) is 21.2 Å². The summed E-state index contributed by atoms with van der Waals surface area (Å²) in [6.45, 7) is 4.43. The molecule has 3 amide bonds. The maximum atomic E-state index is 12.3. The van der Waals surface area contributed by atoms with Crippen molar-refractivity contribution in [3.8, 4) is 17.2 Å². The molecule has 0 radical (unpaired) electrons. The number of halogens is 2. The van der Waals surface area contributed by atoms with Crippen LogP contribution >= 0.6 is 23.2 Å². The average Bonchev–Trinajstić information content (AvgIpc) is 2.91. The van der Waals surface area contributed by atoms with E-state index in [9.17, 15) is 14.4 Å².